The first-order valence-electron chi connectivity index (χ1n) is 6.11. The highest BCUT2D eigenvalue weighted by Gasteiger charge is 2.01. The topological polar surface area (TPSA) is 12.9 Å². The zero-order chi connectivity index (χ0) is 13.1. The van der Waals surface area contributed by atoms with Crippen LogP contribution in [0.2, 0.25) is 5.15 Å². The first kappa shape index (κ1) is 11.9. The molecular weight excluding hydrogens is 254 g/mol. The van der Waals surface area contributed by atoms with Crippen LogP contribution in [0.1, 0.15) is 11.1 Å². The van der Waals surface area contributed by atoms with Gasteiger partial charge in [0.25, 0.3) is 0 Å². The van der Waals surface area contributed by atoms with Crippen molar-refractivity contribution < 1.29 is 0 Å². The van der Waals surface area contributed by atoms with Crippen LogP contribution in [-0.2, 0) is 0 Å². The molecule has 1 heterocycles. The molecule has 0 aliphatic heterocycles. The molecule has 0 N–H and O–H groups in total. The Labute approximate surface area is 117 Å². The molecule has 0 atom stereocenters. The van der Waals surface area contributed by atoms with E-state index in [0.717, 1.165) is 16.5 Å². The fourth-order valence-corrected chi connectivity index (χ4v) is 2.27. The van der Waals surface area contributed by atoms with Crippen LogP contribution >= 0.6 is 11.6 Å². The van der Waals surface area contributed by atoms with Gasteiger partial charge in [0, 0.05) is 5.39 Å². The maximum atomic E-state index is 6.06. The lowest BCUT2D eigenvalue weighted by Gasteiger charge is -2.02. The molecule has 0 saturated carbocycles. The molecule has 0 aliphatic rings. The van der Waals surface area contributed by atoms with Crippen molar-refractivity contribution in [2.45, 2.75) is 0 Å². The van der Waals surface area contributed by atoms with E-state index in [-0.39, 0.29) is 0 Å². The molecule has 3 rings (SSSR count). The molecule has 2 heteroatoms. The average molecular weight is 266 g/mol. The number of halogens is 1. The lowest BCUT2D eigenvalue weighted by molar-refractivity contribution is 1.40. The maximum absolute atomic E-state index is 6.06. The number of hydrogen-bond donors (Lipinski definition) is 0. The van der Waals surface area contributed by atoms with E-state index in [1.54, 1.807) is 0 Å². The van der Waals surface area contributed by atoms with Crippen LogP contribution in [0.3, 0.4) is 0 Å². The molecule has 1 nitrogen and oxygen atoms in total. The molecule has 0 radical (unpaired) electrons. The summed E-state index contributed by atoms with van der Waals surface area (Å²) < 4.78 is 0. The zero-order valence-electron chi connectivity index (χ0n) is 10.3. The van der Waals surface area contributed by atoms with Crippen molar-refractivity contribution in [1.29, 1.82) is 0 Å². The van der Waals surface area contributed by atoms with Crippen LogP contribution < -0.4 is 0 Å². The second kappa shape index (κ2) is 5.25. The molecule has 2 aromatic carbocycles. The van der Waals surface area contributed by atoms with Crippen molar-refractivity contribution in [2.75, 3.05) is 0 Å². The molecule has 0 fully saturated rings. The summed E-state index contributed by atoms with van der Waals surface area (Å²) in [5.41, 5.74) is 3.17. The Morgan fingerprint density at radius 3 is 2.42 bits per heavy atom. The van der Waals surface area contributed by atoms with Gasteiger partial charge in [0.2, 0.25) is 0 Å². The molecule has 0 unspecified atom stereocenters. The summed E-state index contributed by atoms with van der Waals surface area (Å²) in [4.78, 5) is 4.32. The Morgan fingerprint density at radius 1 is 0.842 bits per heavy atom. The van der Waals surface area contributed by atoms with Crippen molar-refractivity contribution in [3.8, 4) is 0 Å². The summed E-state index contributed by atoms with van der Waals surface area (Å²) >= 11 is 6.06. The number of aromatic nitrogens is 1. The number of nitrogens with zero attached hydrogens (tertiary/aromatic N) is 1. The van der Waals surface area contributed by atoms with Crippen LogP contribution in [0.4, 0.5) is 0 Å². The lowest BCUT2D eigenvalue weighted by atomic mass is 10.1. The summed E-state index contributed by atoms with van der Waals surface area (Å²) in [5, 5.41) is 1.63. The van der Waals surface area contributed by atoms with Gasteiger partial charge < -0.3 is 0 Å². The van der Waals surface area contributed by atoms with Crippen LogP contribution in [0, 0.1) is 0 Å². The van der Waals surface area contributed by atoms with Crippen LogP contribution in [-0.4, -0.2) is 4.98 Å². The molecular formula is C17H12ClN. The van der Waals surface area contributed by atoms with Gasteiger partial charge in [-0.05, 0) is 23.3 Å². The van der Waals surface area contributed by atoms with Gasteiger partial charge in [0.15, 0.2) is 0 Å². The third-order valence-electron chi connectivity index (χ3n) is 2.97. The number of para-hydroxylation sites is 1. The largest absolute Gasteiger partial charge is 0.236 e. The van der Waals surface area contributed by atoms with Gasteiger partial charge in [-0.2, -0.15) is 0 Å². The SMILES string of the molecule is Clc1cc(/C=C\c2ccccc2)c2ccccc2n1. The fraction of sp³-hybridized carbons (Fsp3) is 0. The van der Waals surface area contributed by atoms with E-state index in [9.17, 15) is 0 Å². The fourth-order valence-electron chi connectivity index (χ4n) is 2.06. The quantitative estimate of drug-likeness (QED) is 0.590. The van der Waals surface area contributed by atoms with Crippen molar-refractivity contribution in [3.63, 3.8) is 0 Å². The molecule has 1 aromatic heterocycles. The lowest BCUT2D eigenvalue weighted by Crippen LogP contribution is -1.83. The summed E-state index contributed by atoms with van der Waals surface area (Å²) in [5.74, 6) is 0. The van der Waals surface area contributed by atoms with E-state index < -0.39 is 0 Å². The third kappa shape index (κ3) is 2.67. The van der Waals surface area contributed by atoms with Gasteiger partial charge in [0.1, 0.15) is 5.15 Å². The minimum atomic E-state index is 0.520. The third-order valence-corrected chi connectivity index (χ3v) is 3.17. The Morgan fingerprint density at radius 2 is 1.58 bits per heavy atom. The van der Waals surface area contributed by atoms with Gasteiger partial charge in [-0.25, -0.2) is 4.98 Å². The number of pyridine rings is 1. The molecule has 92 valence electrons. The van der Waals surface area contributed by atoms with E-state index in [1.165, 1.54) is 5.56 Å². The van der Waals surface area contributed by atoms with Crippen LogP contribution in [0.25, 0.3) is 23.1 Å². The highest BCUT2D eigenvalue weighted by Crippen LogP contribution is 2.22. The normalized spacial score (nSPS) is 11.2. The first-order valence-corrected chi connectivity index (χ1v) is 6.49. The molecule has 0 aliphatic carbocycles. The monoisotopic (exact) mass is 265 g/mol. The number of benzene rings is 2. The van der Waals surface area contributed by atoms with Gasteiger partial charge in [0.05, 0.1) is 5.52 Å². The summed E-state index contributed by atoms with van der Waals surface area (Å²) in [6.45, 7) is 0. The zero-order valence-corrected chi connectivity index (χ0v) is 11.0. The average Bonchev–Trinajstić information content (AvgIpc) is 2.45. The van der Waals surface area contributed by atoms with Gasteiger partial charge >= 0.3 is 0 Å². The predicted molar refractivity (Wildman–Crippen MR) is 82.1 cm³/mol. The maximum Gasteiger partial charge on any atom is 0.130 e. The Kier molecular flexibility index (Phi) is 3.30. The Bertz CT molecular complexity index is 733. The molecule has 0 spiro atoms. The highest BCUT2D eigenvalue weighted by atomic mass is 35.5. The van der Waals surface area contributed by atoms with Crippen molar-refractivity contribution in [2.24, 2.45) is 0 Å². The highest BCUT2D eigenvalue weighted by molar-refractivity contribution is 6.30. The number of hydrogen-bond acceptors (Lipinski definition) is 1. The first-order chi connectivity index (χ1) is 9.33. The number of fused-ring (bicyclic) bond motifs is 1. The second-order valence-electron chi connectivity index (χ2n) is 4.30. The molecule has 3 aromatic rings. The van der Waals surface area contributed by atoms with E-state index in [4.69, 9.17) is 11.6 Å². The summed E-state index contributed by atoms with van der Waals surface area (Å²) in [6.07, 6.45) is 4.16. The van der Waals surface area contributed by atoms with E-state index in [0.29, 0.717) is 5.15 Å². The van der Waals surface area contributed by atoms with Gasteiger partial charge in [-0.3, -0.25) is 0 Å². The smallest absolute Gasteiger partial charge is 0.130 e. The Balaban J connectivity index is 2.08. The van der Waals surface area contributed by atoms with E-state index >= 15 is 0 Å². The Hall–Kier alpha value is -2.12. The van der Waals surface area contributed by atoms with Crippen LogP contribution in [0.5, 0.6) is 0 Å². The molecule has 0 bridgehead atoms. The molecule has 0 saturated heterocycles. The van der Waals surface area contributed by atoms with E-state index in [1.807, 2.05) is 42.5 Å². The van der Waals surface area contributed by atoms with Crippen LogP contribution in [0.15, 0.2) is 60.7 Å². The predicted octanol–water partition coefficient (Wildman–Crippen LogP) is 5.06. The second-order valence-corrected chi connectivity index (χ2v) is 4.68. The standard InChI is InChI=1S/C17H12ClN/c18-17-12-14(11-10-13-6-2-1-3-7-13)15-8-4-5-9-16(15)19-17/h1-12H/b11-10-. The minimum absolute atomic E-state index is 0.520. The van der Waals surface area contributed by atoms with Crippen molar-refractivity contribution in [1.82, 2.24) is 4.98 Å². The molecule has 19 heavy (non-hydrogen) atoms. The number of rotatable bonds is 2. The molecule has 0 amide bonds. The summed E-state index contributed by atoms with van der Waals surface area (Å²) in [7, 11) is 0. The van der Waals surface area contributed by atoms with Crippen molar-refractivity contribution >= 4 is 34.7 Å². The van der Waals surface area contributed by atoms with Crippen molar-refractivity contribution in [3.05, 3.63) is 76.9 Å². The minimum Gasteiger partial charge on any atom is -0.236 e. The van der Waals surface area contributed by atoms with Gasteiger partial charge in [-0.15, -0.1) is 0 Å². The van der Waals surface area contributed by atoms with Gasteiger partial charge in [-0.1, -0.05) is 72.3 Å². The van der Waals surface area contributed by atoms with E-state index in [2.05, 4.69) is 35.3 Å². The summed E-state index contributed by atoms with van der Waals surface area (Å²) in [6, 6.07) is 20.1.